The van der Waals surface area contributed by atoms with Crippen LogP contribution in [0.4, 0.5) is 0 Å². The van der Waals surface area contributed by atoms with Crippen LogP contribution < -0.4 is 5.32 Å². The lowest BCUT2D eigenvalue weighted by molar-refractivity contribution is 0.490. The summed E-state index contributed by atoms with van der Waals surface area (Å²) in [7, 11) is 1.96. The average Bonchev–Trinajstić information content (AvgIpc) is 2.86. The molecule has 0 amide bonds. The molecule has 3 heteroatoms. The maximum atomic E-state index is 6.04. The van der Waals surface area contributed by atoms with Crippen LogP contribution in [0.1, 0.15) is 28.5 Å². The third-order valence-corrected chi connectivity index (χ3v) is 4.45. The van der Waals surface area contributed by atoms with Gasteiger partial charge in [0.1, 0.15) is 11.3 Å². The molecule has 2 nitrogen and oxygen atoms in total. The van der Waals surface area contributed by atoms with Gasteiger partial charge in [-0.2, -0.15) is 0 Å². The van der Waals surface area contributed by atoms with Crippen LogP contribution in [0.15, 0.2) is 51.4 Å². The first-order valence-electron chi connectivity index (χ1n) is 7.02. The Morgan fingerprint density at radius 3 is 2.48 bits per heavy atom. The molecular weight excluding hydrogens is 326 g/mol. The van der Waals surface area contributed by atoms with Crippen LogP contribution in [0, 0.1) is 13.8 Å². The lowest BCUT2D eigenvalue weighted by Gasteiger charge is -2.16. The van der Waals surface area contributed by atoms with Crippen molar-refractivity contribution < 1.29 is 4.42 Å². The molecule has 0 aliphatic rings. The molecule has 21 heavy (non-hydrogen) atoms. The first-order valence-corrected chi connectivity index (χ1v) is 7.81. The number of nitrogens with one attached hydrogen (secondary N) is 1. The Labute approximate surface area is 133 Å². The molecule has 1 heterocycles. The molecule has 108 valence electrons. The van der Waals surface area contributed by atoms with Gasteiger partial charge in [0.2, 0.25) is 0 Å². The van der Waals surface area contributed by atoms with Crippen molar-refractivity contribution in [2.45, 2.75) is 19.9 Å². The standard InChI is InChI=1S/C18H18BrNO/c1-11-5-7-16-13(8-11)10-17(21-16)18(20-3)14-9-12(2)4-6-15(14)19/h4-10,18,20H,1-3H3. The molecule has 0 radical (unpaired) electrons. The first kappa shape index (κ1) is 14.4. The molecule has 0 aliphatic carbocycles. The quantitative estimate of drug-likeness (QED) is 0.713. The van der Waals surface area contributed by atoms with E-state index in [9.17, 15) is 0 Å². The number of rotatable bonds is 3. The van der Waals surface area contributed by atoms with Crippen LogP contribution in [-0.2, 0) is 0 Å². The van der Waals surface area contributed by atoms with Gasteiger partial charge in [-0.25, -0.2) is 0 Å². The van der Waals surface area contributed by atoms with Crippen LogP contribution in [0.2, 0.25) is 0 Å². The number of benzene rings is 2. The van der Waals surface area contributed by atoms with E-state index in [0.29, 0.717) is 0 Å². The van der Waals surface area contributed by atoms with Crippen molar-refractivity contribution in [1.29, 1.82) is 0 Å². The number of fused-ring (bicyclic) bond motifs is 1. The van der Waals surface area contributed by atoms with E-state index in [-0.39, 0.29) is 6.04 Å². The fourth-order valence-corrected chi connectivity index (χ4v) is 3.14. The molecule has 2 aromatic carbocycles. The van der Waals surface area contributed by atoms with Gasteiger partial charge in [0.15, 0.2) is 0 Å². The molecule has 1 N–H and O–H groups in total. The monoisotopic (exact) mass is 343 g/mol. The van der Waals surface area contributed by atoms with Gasteiger partial charge < -0.3 is 9.73 Å². The highest BCUT2D eigenvalue weighted by Crippen LogP contribution is 2.32. The zero-order valence-electron chi connectivity index (χ0n) is 12.4. The molecule has 0 saturated carbocycles. The van der Waals surface area contributed by atoms with Gasteiger partial charge in [-0.3, -0.25) is 0 Å². The van der Waals surface area contributed by atoms with E-state index in [0.717, 1.165) is 21.2 Å². The topological polar surface area (TPSA) is 25.2 Å². The number of halogens is 1. The first-order chi connectivity index (χ1) is 10.1. The predicted molar refractivity (Wildman–Crippen MR) is 90.7 cm³/mol. The molecule has 0 spiro atoms. The molecule has 0 saturated heterocycles. The van der Waals surface area contributed by atoms with Crippen molar-refractivity contribution >= 4 is 26.9 Å². The highest BCUT2D eigenvalue weighted by Gasteiger charge is 2.19. The van der Waals surface area contributed by atoms with E-state index < -0.39 is 0 Å². The zero-order valence-corrected chi connectivity index (χ0v) is 14.0. The highest BCUT2D eigenvalue weighted by atomic mass is 79.9. The van der Waals surface area contributed by atoms with Crippen LogP contribution in [0.25, 0.3) is 11.0 Å². The van der Waals surface area contributed by atoms with E-state index in [1.54, 1.807) is 0 Å². The Hall–Kier alpha value is -1.58. The minimum atomic E-state index is 0.0342. The minimum Gasteiger partial charge on any atom is -0.459 e. The van der Waals surface area contributed by atoms with Crippen molar-refractivity contribution in [3.8, 4) is 0 Å². The van der Waals surface area contributed by atoms with Gasteiger partial charge in [-0.05, 0) is 50.7 Å². The van der Waals surface area contributed by atoms with E-state index >= 15 is 0 Å². The Morgan fingerprint density at radius 1 is 1.00 bits per heavy atom. The van der Waals surface area contributed by atoms with E-state index in [2.05, 4.69) is 71.5 Å². The Kier molecular flexibility index (Phi) is 3.87. The van der Waals surface area contributed by atoms with Gasteiger partial charge >= 0.3 is 0 Å². The third-order valence-electron chi connectivity index (χ3n) is 3.73. The summed E-state index contributed by atoms with van der Waals surface area (Å²) in [6.07, 6.45) is 0. The summed E-state index contributed by atoms with van der Waals surface area (Å²) in [6, 6.07) is 14.8. The third kappa shape index (κ3) is 2.76. The Morgan fingerprint density at radius 2 is 1.71 bits per heavy atom. The molecule has 3 aromatic rings. The Bertz CT molecular complexity index is 791. The van der Waals surface area contributed by atoms with Crippen molar-refractivity contribution in [2.75, 3.05) is 7.05 Å². The summed E-state index contributed by atoms with van der Waals surface area (Å²) in [4.78, 5) is 0. The molecule has 1 aromatic heterocycles. The van der Waals surface area contributed by atoms with Crippen molar-refractivity contribution in [2.24, 2.45) is 0 Å². The molecular formula is C18H18BrNO. The zero-order chi connectivity index (χ0) is 15.0. The van der Waals surface area contributed by atoms with E-state index in [4.69, 9.17) is 4.42 Å². The van der Waals surface area contributed by atoms with Crippen LogP contribution in [-0.4, -0.2) is 7.05 Å². The van der Waals surface area contributed by atoms with Crippen molar-refractivity contribution in [1.82, 2.24) is 5.32 Å². The molecule has 0 bridgehead atoms. The highest BCUT2D eigenvalue weighted by molar-refractivity contribution is 9.10. The molecule has 0 fully saturated rings. The summed E-state index contributed by atoms with van der Waals surface area (Å²) < 4.78 is 7.13. The second kappa shape index (κ2) is 5.66. The predicted octanol–water partition coefficient (Wildman–Crippen LogP) is 5.12. The molecule has 0 aliphatic heterocycles. The van der Waals surface area contributed by atoms with Crippen molar-refractivity contribution in [3.63, 3.8) is 0 Å². The summed E-state index contributed by atoms with van der Waals surface area (Å²) in [5.41, 5.74) is 4.60. The van der Waals surface area contributed by atoms with Gasteiger partial charge in [0.05, 0.1) is 6.04 Å². The van der Waals surface area contributed by atoms with Crippen LogP contribution >= 0.6 is 15.9 Å². The van der Waals surface area contributed by atoms with Gasteiger partial charge in [-0.1, -0.05) is 45.3 Å². The summed E-state index contributed by atoms with van der Waals surface area (Å²) in [5, 5.41) is 4.50. The Balaban J connectivity index is 2.11. The largest absolute Gasteiger partial charge is 0.459 e. The fourth-order valence-electron chi connectivity index (χ4n) is 2.66. The SMILES string of the molecule is CNC(c1cc2cc(C)ccc2o1)c1cc(C)ccc1Br. The van der Waals surface area contributed by atoms with Gasteiger partial charge in [0, 0.05) is 9.86 Å². The average molecular weight is 344 g/mol. The summed E-state index contributed by atoms with van der Waals surface area (Å²) >= 11 is 3.64. The lowest BCUT2D eigenvalue weighted by atomic mass is 10.0. The molecule has 1 unspecified atom stereocenters. The molecule has 1 atom stereocenters. The van der Waals surface area contributed by atoms with Gasteiger partial charge in [0.25, 0.3) is 0 Å². The number of hydrogen-bond donors (Lipinski definition) is 1. The smallest absolute Gasteiger partial charge is 0.134 e. The van der Waals surface area contributed by atoms with Crippen LogP contribution in [0.5, 0.6) is 0 Å². The van der Waals surface area contributed by atoms with Crippen LogP contribution in [0.3, 0.4) is 0 Å². The van der Waals surface area contributed by atoms with E-state index in [1.807, 2.05) is 13.1 Å². The van der Waals surface area contributed by atoms with E-state index in [1.165, 1.54) is 16.7 Å². The minimum absolute atomic E-state index is 0.0342. The fraction of sp³-hybridized carbons (Fsp3) is 0.222. The normalized spacial score (nSPS) is 12.8. The summed E-state index contributed by atoms with van der Waals surface area (Å²) in [6.45, 7) is 4.20. The number of aryl methyl sites for hydroxylation is 2. The number of furan rings is 1. The summed E-state index contributed by atoms with van der Waals surface area (Å²) in [5.74, 6) is 0.935. The van der Waals surface area contributed by atoms with Gasteiger partial charge in [-0.15, -0.1) is 0 Å². The molecule has 3 rings (SSSR count). The maximum Gasteiger partial charge on any atom is 0.134 e. The van der Waals surface area contributed by atoms with Crippen molar-refractivity contribution in [3.05, 3.63) is 69.4 Å². The lowest BCUT2D eigenvalue weighted by Crippen LogP contribution is -2.17. The second-order valence-corrected chi connectivity index (χ2v) is 6.29. The second-order valence-electron chi connectivity index (χ2n) is 5.44. The number of hydrogen-bond acceptors (Lipinski definition) is 2. The maximum absolute atomic E-state index is 6.04.